The molecule has 0 unspecified atom stereocenters. The molecule has 0 fully saturated rings. The van der Waals surface area contributed by atoms with Crippen LogP contribution in [-0.4, -0.2) is 14.5 Å². The largest absolute Gasteiger partial charge is 0.343 e. The molecule has 1 aromatic carbocycles. The lowest BCUT2D eigenvalue weighted by molar-refractivity contribution is 0.977. The van der Waals surface area contributed by atoms with Gasteiger partial charge >= 0.3 is 0 Å². The number of fused-ring (bicyclic) bond motifs is 1. The molecule has 0 spiro atoms. The third kappa shape index (κ3) is 2.44. The SMILES string of the molecule is Cn1c(-c2ccccc2)cc2c(Nc3ccccn3)nccc21. The van der Waals surface area contributed by atoms with Gasteiger partial charge in [-0.05, 0) is 29.8 Å². The first-order valence-corrected chi connectivity index (χ1v) is 7.51. The standard InChI is InChI=1S/C19H16N4/c1-23-16-10-12-21-19(22-18-9-5-6-11-20-18)15(16)13-17(23)14-7-3-2-4-8-14/h2-13H,1H3,(H,20,21,22). The fourth-order valence-electron chi connectivity index (χ4n) is 2.80. The predicted molar refractivity (Wildman–Crippen MR) is 93.7 cm³/mol. The van der Waals surface area contributed by atoms with Gasteiger partial charge in [0.2, 0.25) is 0 Å². The fraction of sp³-hybridized carbons (Fsp3) is 0.0526. The van der Waals surface area contributed by atoms with Gasteiger partial charge in [-0.3, -0.25) is 0 Å². The van der Waals surface area contributed by atoms with Crippen LogP contribution < -0.4 is 5.32 Å². The van der Waals surface area contributed by atoms with Crippen LogP contribution in [0, 0.1) is 0 Å². The number of anilines is 2. The Kier molecular flexibility index (Phi) is 3.27. The second-order valence-electron chi connectivity index (χ2n) is 5.39. The third-order valence-corrected chi connectivity index (χ3v) is 3.95. The van der Waals surface area contributed by atoms with Crippen molar-refractivity contribution in [2.45, 2.75) is 0 Å². The second kappa shape index (κ2) is 5.57. The summed E-state index contributed by atoms with van der Waals surface area (Å²) in [6, 6.07) is 20.4. The molecule has 4 rings (SSSR count). The van der Waals surface area contributed by atoms with E-state index in [0.717, 1.165) is 28.2 Å². The molecular formula is C19H16N4. The van der Waals surface area contributed by atoms with E-state index in [9.17, 15) is 0 Å². The van der Waals surface area contributed by atoms with Crippen molar-refractivity contribution in [1.29, 1.82) is 0 Å². The molecule has 4 heteroatoms. The van der Waals surface area contributed by atoms with Crippen LogP contribution in [0.4, 0.5) is 11.6 Å². The maximum absolute atomic E-state index is 4.49. The van der Waals surface area contributed by atoms with E-state index in [0.29, 0.717) is 0 Å². The van der Waals surface area contributed by atoms with E-state index in [1.54, 1.807) is 6.20 Å². The van der Waals surface area contributed by atoms with Gasteiger partial charge in [-0.15, -0.1) is 0 Å². The van der Waals surface area contributed by atoms with Crippen molar-refractivity contribution in [3.63, 3.8) is 0 Å². The predicted octanol–water partition coefficient (Wildman–Crippen LogP) is 4.38. The highest BCUT2D eigenvalue weighted by Gasteiger charge is 2.11. The maximum atomic E-state index is 4.49. The van der Waals surface area contributed by atoms with Gasteiger partial charge in [0.05, 0.1) is 5.52 Å². The number of pyridine rings is 2. The zero-order valence-corrected chi connectivity index (χ0v) is 12.8. The van der Waals surface area contributed by atoms with Gasteiger partial charge in [0, 0.05) is 30.5 Å². The molecule has 0 aliphatic rings. The van der Waals surface area contributed by atoms with Gasteiger partial charge in [-0.2, -0.15) is 0 Å². The summed E-state index contributed by atoms with van der Waals surface area (Å²) in [6.07, 6.45) is 3.59. The molecule has 0 bridgehead atoms. The molecule has 4 nitrogen and oxygen atoms in total. The van der Waals surface area contributed by atoms with Crippen molar-refractivity contribution in [2.24, 2.45) is 7.05 Å². The summed E-state index contributed by atoms with van der Waals surface area (Å²) >= 11 is 0. The number of nitrogens with one attached hydrogen (secondary N) is 1. The first-order valence-electron chi connectivity index (χ1n) is 7.51. The van der Waals surface area contributed by atoms with Crippen LogP contribution >= 0.6 is 0 Å². The first kappa shape index (κ1) is 13.5. The number of aryl methyl sites for hydroxylation is 1. The number of hydrogen-bond donors (Lipinski definition) is 1. The lowest BCUT2D eigenvalue weighted by atomic mass is 10.1. The van der Waals surface area contributed by atoms with E-state index in [4.69, 9.17) is 0 Å². The summed E-state index contributed by atoms with van der Waals surface area (Å²) in [5.74, 6) is 1.61. The molecule has 112 valence electrons. The average molecular weight is 300 g/mol. The third-order valence-electron chi connectivity index (χ3n) is 3.95. The molecule has 0 saturated heterocycles. The summed E-state index contributed by atoms with van der Waals surface area (Å²) < 4.78 is 2.19. The molecule has 4 aromatic rings. The lowest BCUT2D eigenvalue weighted by Gasteiger charge is -2.06. The van der Waals surface area contributed by atoms with Crippen molar-refractivity contribution in [3.8, 4) is 11.3 Å². The monoisotopic (exact) mass is 300 g/mol. The summed E-state index contributed by atoms with van der Waals surface area (Å²) in [5, 5.41) is 4.39. The molecule has 1 N–H and O–H groups in total. The van der Waals surface area contributed by atoms with Crippen LogP contribution in [0.25, 0.3) is 22.2 Å². The molecule has 0 saturated carbocycles. The summed E-state index contributed by atoms with van der Waals surface area (Å²) in [6.45, 7) is 0. The molecule has 3 heterocycles. The number of aromatic nitrogens is 3. The summed E-state index contributed by atoms with van der Waals surface area (Å²) in [4.78, 5) is 8.80. The van der Waals surface area contributed by atoms with Crippen molar-refractivity contribution >= 4 is 22.5 Å². The highest BCUT2D eigenvalue weighted by Crippen LogP contribution is 2.31. The highest BCUT2D eigenvalue weighted by molar-refractivity contribution is 5.95. The van der Waals surface area contributed by atoms with Crippen LogP contribution in [-0.2, 0) is 7.05 Å². The first-order chi connectivity index (χ1) is 11.3. The van der Waals surface area contributed by atoms with Gasteiger partial charge in [0.1, 0.15) is 11.6 Å². The van der Waals surface area contributed by atoms with Gasteiger partial charge < -0.3 is 9.88 Å². The van der Waals surface area contributed by atoms with Gasteiger partial charge in [0.25, 0.3) is 0 Å². The minimum atomic E-state index is 0.789. The zero-order chi connectivity index (χ0) is 15.6. The normalized spacial score (nSPS) is 10.8. The number of nitrogens with zero attached hydrogens (tertiary/aromatic N) is 3. The number of hydrogen-bond acceptors (Lipinski definition) is 3. The van der Waals surface area contributed by atoms with Gasteiger partial charge in [-0.25, -0.2) is 9.97 Å². The summed E-state index contributed by atoms with van der Waals surface area (Å²) in [5.41, 5.74) is 3.49. The summed E-state index contributed by atoms with van der Waals surface area (Å²) in [7, 11) is 2.08. The molecule has 0 aliphatic carbocycles. The van der Waals surface area contributed by atoms with E-state index in [-0.39, 0.29) is 0 Å². The van der Waals surface area contributed by atoms with Crippen molar-refractivity contribution < 1.29 is 0 Å². The minimum absolute atomic E-state index is 0.789. The van der Waals surface area contributed by atoms with Crippen LogP contribution in [0.1, 0.15) is 0 Å². The lowest BCUT2D eigenvalue weighted by Crippen LogP contribution is -1.96. The average Bonchev–Trinajstić information content (AvgIpc) is 2.95. The molecule has 0 atom stereocenters. The molecular weight excluding hydrogens is 284 g/mol. The van der Waals surface area contributed by atoms with Crippen molar-refractivity contribution in [3.05, 3.63) is 73.1 Å². The molecule has 0 radical (unpaired) electrons. The maximum Gasteiger partial charge on any atom is 0.140 e. The topological polar surface area (TPSA) is 42.7 Å². The Labute approximate surface area is 134 Å². The van der Waals surface area contributed by atoms with Crippen LogP contribution in [0.2, 0.25) is 0 Å². The molecule has 0 amide bonds. The Morgan fingerprint density at radius 3 is 2.48 bits per heavy atom. The number of benzene rings is 1. The Morgan fingerprint density at radius 1 is 0.870 bits per heavy atom. The number of rotatable bonds is 3. The zero-order valence-electron chi connectivity index (χ0n) is 12.8. The minimum Gasteiger partial charge on any atom is -0.343 e. The highest BCUT2D eigenvalue weighted by atomic mass is 15.1. The van der Waals surface area contributed by atoms with E-state index in [1.807, 2.05) is 36.5 Å². The molecule has 23 heavy (non-hydrogen) atoms. The van der Waals surface area contributed by atoms with Crippen molar-refractivity contribution in [2.75, 3.05) is 5.32 Å². The Bertz CT molecular complexity index is 943. The van der Waals surface area contributed by atoms with Crippen molar-refractivity contribution in [1.82, 2.24) is 14.5 Å². The van der Waals surface area contributed by atoms with E-state index in [1.165, 1.54) is 5.56 Å². The Morgan fingerprint density at radius 2 is 1.70 bits per heavy atom. The molecule has 0 aliphatic heterocycles. The fourth-order valence-corrected chi connectivity index (χ4v) is 2.80. The van der Waals surface area contributed by atoms with Crippen LogP contribution in [0.15, 0.2) is 73.1 Å². The Balaban J connectivity index is 1.85. The quantitative estimate of drug-likeness (QED) is 0.610. The van der Waals surface area contributed by atoms with Crippen LogP contribution in [0.5, 0.6) is 0 Å². The van der Waals surface area contributed by atoms with Gasteiger partial charge in [-0.1, -0.05) is 36.4 Å². The Hall–Kier alpha value is -3.14. The van der Waals surface area contributed by atoms with E-state index in [2.05, 4.69) is 57.2 Å². The van der Waals surface area contributed by atoms with Gasteiger partial charge in [0.15, 0.2) is 0 Å². The van der Waals surface area contributed by atoms with E-state index < -0.39 is 0 Å². The smallest absolute Gasteiger partial charge is 0.140 e. The second-order valence-corrected chi connectivity index (χ2v) is 5.39. The molecule has 3 aromatic heterocycles. The van der Waals surface area contributed by atoms with Crippen LogP contribution in [0.3, 0.4) is 0 Å². The van der Waals surface area contributed by atoms with E-state index >= 15 is 0 Å².